The molecule has 0 fully saturated rings. The van der Waals surface area contributed by atoms with Crippen molar-refractivity contribution in [3.63, 3.8) is 0 Å². The van der Waals surface area contributed by atoms with Crippen LogP contribution in [0.2, 0.25) is 0 Å². The van der Waals surface area contributed by atoms with Gasteiger partial charge in [-0.3, -0.25) is 4.79 Å². The van der Waals surface area contributed by atoms with E-state index < -0.39 is 5.97 Å². The monoisotopic (exact) mass is 540 g/mol. The van der Waals surface area contributed by atoms with Crippen molar-refractivity contribution in [2.24, 2.45) is 5.16 Å². The Morgan fingerprint density at radius 3 is 2.57 bits per heavy atom. The zero-order chi connectivity index (χ0) is 24.8. The summed E-state index contributed by atoms with van der Waals surface area (Å²) in [6, 6.07) is 13.5. The number of carboxylic acid groups (broad SMARTS) is 1. The van der Waals surface area contributed by atoms with Gasteiger partial charge in [0.25, 0.3) is 0 Å². The fourth-order valence-corrected chi connectivity index (χ4v) is 6.09. The fraction of sp³-hybridized carbons (Fsp3) is 0.0870. The van der Waals surface area contributed by atoms with Crippen molar-refractivity contribution in [3.8, 4) is 27.1 Å². The number of amides is 1. The van der Waals surface area contributed by atoms with E-state index in [-0.39, 0.29) is 17.4 Å². The minimum Gasteiger partial charge on any atom is -0.476 e. The second-order valence-electron chi connectivity index (χ2n) is 6.77. The van der Waals surface area contributed by atoms with Gasteiger partial charge in [0, 0.05) is 21.4 Å². The van der Waals surface area contributed by atoms with Crippen LogP contribution >= 0.6 is 45.8 Å². The summed E-state index contributed by atoms with van der Waals surface area (Å²) in [6.07, 6.45) is 0. The lowest BCUT2D eigenvalue weighted by Crippen LogP contribution is -2.15. The quantitative estimate of drug-likeness (QED) is 0.160. The van der Waals surface area contributed by atoms with Gasteiger partial charge in [-0.1, -0.05) is 29.1 Å². The van der Waals surface area contributed by atoms with Gasteiger partial charge in [-0.15, -0.1) is 34.0 Å². The Labute approximate surface area is 216 Å². The lowest BCUT2D eigenvalue weighted by molar-refractivity contribution is -0.129. The van der Waals surface area contributed by atoms with Crippen molar-refractivity contribution >= 4 is 68.4 Å². The number of thiophene rings is 3. The molecule has 176 valence electrons. The largest absolute Gasteiger partial charge is 0.476 e. The number of oxime groups is 1. The maximum atomic E-state index is 12.6. The number of pyridine rings is 1. The number of nitriles is 1. The summed E-state index contributed by atoms with van der Waals surface area (Å²) in [5.74, 6) is -1.53. The summed E-state index contributed by atoms with van der Waals surface area (Å²) in [5, 5.41) is 31.8. The zero-order valence-electron chi connectivity index (χ0n) is 18.0. The molecule has 0 aliphatic heterocycles. The lowest BCUT2D eigenvalue weighted by Gasteiger charge is -2.10. The highest BCUT2D eigenvalue weighted by Gasteiger charge is 2.19. The van der Waals surface area contributed by atoms with Gasteiger partial charge < -0.3 is 15.3 Å². The Bertz CT molecular complexity index is 1420. The summed E-state index contributed by atoms with van der Waals surface area (Å²) in [7, 11) is 1.26. The summed E-state index contributed by atoms with van der Waals surface area (Å²) in [5.41, 5.74) is 2.01. The first-order valence-electron chi connectivity index (χ1n) is 9.89. The number of nitrogens with zero attached hydrogens (tertiary/aromatic N) is 3. The predicted octanol–water partition coefficient (Wildman–Crippen LogP) is 5.64. The molecule has 0 unspecified atom stereocenters. The molecule has 0 aliphatic carbocycles. The first-order valence-corrected chi connectivity index (χ1v) is 13.5. The molecular formula is C23H16N4O4S4. The van der Waals surface area contributed by atoms with Crippen molar-refractivity contribution < 1.29 is 19.5 Å². The molecule has 4 aromatic rings. The molecule has 4 rings (SSSR count). The minimum absolute atomic E-state index is 0.0185. The topological polar surface area (TPSA) is 125 Å². The molecule has 0 aliphatic rings. The molecule has 2 N–H and O–H groups in total. The molecule has 0 bridgehead atoms. The van der Waals surface area contributed by atoms with E-state index in [0.29, 0.717) is 21.2 Å². The third kappa shape index (κ3) is 5.77. The summed E-state index contributed by atoms with van der Waals surface area (Å²) in [4.78, 5) is 35.2. The number of anilines is 1. The number of nitrogens with one attached hydrogen (secondary N) is 1. The highest BCUT2D eigenvalue weighted by molar-refractivity contribution is 8.00. The Kier molecular flexibility index (Phi) is 7.94. The third-order valence-electron chi connectivity index (χ3n) is 4.52. The van der Waals surface area contributed by atoms with Gasteiger partial charge in [-0.25, -0.2) is 9.78 Å². The van der Waals surface area contributed by atoms with Crippen molar-refractivity contribution in [1.82, 2.24) is 4.98 Å². The van der Waals surface area contributed by atoms with Crippen LogP contribution < -0.4 is 5.32 Å². The molecule has 35 heavy (non-hydrogen) atoms. The van der Waals surface area contributed by atoms with Crippen molar-refractivity contribution in [2.75, 3.05) is 18.2 Å². The maximum Gasteiger partial charge on any atom is 0.358 e. The molecule has 8 nitrogen and oxygen atoms in total. The summed E-state index contributed by atoms with van der Waals surface area (Å²) >= 11 is 5.44. The Morgan fingerprint density at radius 2 is 1.94 bits per heavy atom. The molecule has 4 heterocycles. The number of carbonyl (C=O) groups excluding carboxylic acids is 1. The Hall–Kier alpha value is -3.50. The van der Waals surface area contributed by atoms with Gasteiger partial charge in [0.05, 0.1) is 26.9 Å². The smallest absolute Gasteiger partial charge is 0.358 e. The van der Waals surface area contributed by atoms with Crippen LogP contribution in [0, 0.1) is 11.3 Å². The minimum atomic E-state index is -1.24. The Balaban J connectivity index is 1.55. The summed E-state index contributed by atoms with van der Waals surface area (Å²) in [6.45, 7) is 0. The number of aromatic nitrogens is 1. The molecule has 0 atom stereocenters. The van der Waals surface area contributed by atoms with E-state index in [1.165, 1.54) is 47.6 Å². The highest BCUT2D eigenvalue weighted by atomic mass is 32.2. The molecule has 1 amide bonds. The van der Waals surface area contributed by atoms with Crippen molar-refractivity contribution in [2.45, 2.75) is 5.03 Å². The third-order valence-corrected chi connectivity index (χ3v) is 8.14. The second kappa shape index (κ2) is 11.3. The van der Waals surface area contributed by atoms with E-state index in [1.54, 1.807) is 16.7 Å². The van der Waals surface area contributed by atoms with Gasteiger partial charge >= 0.3 is 5.97 Å². The first kappa shape index (κ1) is 24.6. The van der Waals surface area contributed by atoms with Gasteiger partial charge in [0.1, 0.15) is 18.2 Å². The first-order chi connectivity index (χ1) is 17.0. The van der Waals surface area contributed by atoms with Crippen LogP contribution in [0.15, 0.2) is 62.7 Å². The molecule has 4 aromatic heterocycles. The van der Waals surface area contributed by atoms with Crippen LogP contribution in [0.5, 0.6) is 0 Å². The number of carbonyl (C=O) groups is 2. The SMILES string of the molecule is CON=C(C(=O)O)c1csc(NC(=O)CSc2nc(-c3cccs3)cc(-c3cccs3)c2C#N)c1. The number of thioether (sulfide) groups is 1. The normalized spacial score (nSPS) is 11.1. The van der Waals surface area contributed by atoms with E-state index in [2.05, 4.69) is 26.4 Å². The molecule has 0 spiro atoms. The van der Waals surface area contributed by atoms with Gasteiger partial charge in [-0.2, -0.15) is 5.26 Å². The molecule has 0 radical (unpaired) electrons. The number of hydrogen-bond donors (Lipinski definition) is 2. The van der Waals surface area contributed by atoms with Gasteiger partial charge in [-0.05, 0) is 35.0 Å². The molecule has 0 saturated carbocycles. The van der Waals surface area contributed by atoms with Crippen LogP contribution in [0.4, 0.5) is 5.00 Å². The van der Waals surface area contributed by atoms with E-state index in [9.17, 15) is 20.0 Å². The molecule has 0 saturated heterocycles. The highest BCUT2D eigenvalue weighted by Crippen LogP contribution is 2.37. The van der Waals surface area contributed by atoms with E-state index in [1.807, 2.05) is 41.1 Å². The predicted molar refractivity (Wildman–Crippen MR) is 140 cm³/mol. The fourth-order valence-electron chi connectivity index (χ4n) is 3.05. The van der Waals surface area contributed by atoms with E-state index in [4.69, 9.17) is 0 Å². The average molecular weight is 541 g/mol. The van der Waals surface area contributed by atoms with Crippen LogP contribution in [0.1, 0.15) is 11.1 Å². The van der Waals surface area contributed by atoms with Crippen molar-refractivity contribution in [3.05, 3.63) is 63.7 Å². The van der Waals surface area contributed by atoms with Crippen molar-refractivity contribution in [1.29, 1.82) is 5.26 Å². The number of rotatable bonds is 9. The molecule has 12 heteroatoms. The van der Waals surface area contributed by atoms with Crippen LogP contribution in [0.25, 0.3) is 21.0 Å². The standard InChI is InChI=1S/C23H16N4O4S4/c1-31-27-21(23(29)30)13-8-20(34-11-13)26-19(28)12-35-22-15(10-24)14(17-4-2-6-32-17)9-16(25-22)18-5-3-7-33-18/h2-9,11H,12H2,1H3,(H,26,28)(H,29,30). The van der Waals surface area contributed by atoms with Crippen LogP contribution in [-0.4, -0.2) is 40.5 Å². The van der Waals surface area contributed by atoms with E-state index in [0.717, 1.165) is 21.0 Å². The summed E-state index contributed by atoms with van der Waals surface area (Å²) < 4.78 is 0. The second-order valence-corrected chi connectivity index (χ2v) is 10.5. The molecular weight excluding hydrogens is 525 g/mol. The van der Waals surface area contributed by atoms with Crippen LogP contribution in [-0.2, 0) is 14.4 Å². The Morgan fingerprint density at radius 1 is 1.20 bits per heavy atom. The van der Waals surface area contributed by atoms with Crippen LogP contribution in [0.3, 0.4) is 0 Å². The zero-order valence-corrected chi connectivity index (χ0v) is 21.3. The molecule has 0 aromatic carbocycles. The average Bonchev–Trinajstić information content (AvgIpc) is 3.63. The van der Waals surface area contributed by atoms with E-state index >= 15 is 0 Å². The maximum absolute atomic E-state index is 12.6. The van der Waals surface area contributed by atoms with Gasteiger partial charge in [0.15, 0.2) is 5.71 Å². The lowest BCUT2D eigenvalue weighted by atomic mass is 10.1. The number of hydrogen-bond acceptors (Lipinski definition) is 10. The number of aliphatic carboxylic acids is 1. The number of carboxylic acids is 1. The van der Waals surface area contributed by atoms with Gasteiger partial charge in [0.2, 0.25) is 5.91 Å².